The van der Waals surface area contributed by atoms with E-state index < -0.39 is 57.8 Å². The summed E-state index contributed by atoms with van der Waals surface area (Å²) in [5.74, 6) is -1.58. The van der Waals surface area contributed by atoms with Crippen LogP contribution in [0.2, 0.25) is 0 Å². The summed E-state index contributed by atoms with van der Waals surface area (Å²) in [7, 11) is -4.77. The molecule has 0 amide bonds. The third-order valence-corrected chi connectivity index (χ3v) is 12.5. The second-order valence-electron chi connectivity index (χ2n) is 18.3. The van der Waals surface area contributed by atoms with Crippen LogP contribution in [0.3, 0.4) is 0 Å². The first-order chi connectivity index (χ1) is 35.2. The smallest absolute Gasteiger partial charge is 0.462 e. The fourth-order valence-electron chi connectivity index (χ4n) is 7.30. The number of carbonyl (C=O) groups excluding carboxylic acids is 3. The van der Waals surface area contributed by atoms with Gasteiger partial charge in [-0.3, -0.25) is 23.4 Å². The largest absolute Gasteiger partial charge is 0.472 e. The van der Waals surface area contributed by atoms with Gasteiger partial charge in [0.05, 0.1) is 19.8 Å². The molecule has 3 unspecified atom stereocenters. The Morgan fingerprint density at radius 2 is 0.750 bits per heavy atom. The summed E-state index contributed by atoms with van der Waals surface area (Å²) in [4.78, 5) is 48.4. The lowest BCUT2D eigenvalue weighted by Crippen LogP contribution is -2.30. The minimum absolute atomic E-state index is 0.0399. The van der Waals surface area contributed by atoms with Crippen LogP contribution in [-0.2, 0) is 42.2 Å². The van der Waals surface area contributed by atoms with Gasteiger partial charge in [-0.2, -0.15) is 0 Å². The molecule has 0 aliphatic carbocycles. The van der Waals surface area contributed by atoms with Gasteiger partial charge in [0, 0.05) is 19.3 Å². The zero-order chi connectivity index (χ0) is 52.7. The topological polar surface area (TPSA) is 155 Å². The summed E-state index contributed by atoms with van der Waals surface area (Å²) in [6.07, 6.45) is 62.4. The highest BCUT2D eigenvalue weighted by Crippen LogP contribution is 2.43. The van der Waals surface area contributed by atoms with Gasteiger partial charge < -0.3 is 24.2 Å². The number of rotatable bonds is 51. The highest BCUT2D eigenvalue weighted by atomic mass is 31.2. The normalized spacial score (nSPS) is 14.1. The SMILES string of the molecule is CC/C=C\C/C=C\C/C=C\C/C=C\CCCCCCCCC(=O)OCC(COP(=O)(O)OCC(CO)OC(=O)CCCCCCCCCCCCCCC)OC(=O)CC/C=C\C/C=C\C/C=C\C/C=C\CC. The first kappa shape index (κ1) is 68.4. The van der Waals surface area contributed by atoms with Crippen molar-refractivity contribution in [3.8, 4) is 0 Å². The number of aliphatic hydroxyl groups is 1. The molecule has 0 rings (SSSR count). The lowest BCUT2D eigenvalue weighted by Gasteiger charge is -2.21. The number of aliphatic hydroxyl groups excluding tert-OH is 1. The summed E-state index contributed by atoms with van der Waals surface area (Å²) in [6, 6.07) is 0. The van der Waals surface area contributed by atoms with Crippen LogP contribution in [0.4, 0.5) is 0 Å². The van der Waals surface area contributed by atoms with E-state index in [4.69, 9.17) is 23.3 Å². The van der Waals surface area contributed by atoms with Crippen molar-refractivity contribution >= 4 is 25.7 Å². The maximum atomic E-state index is 12.9. The Bertz CT molecular complexity index is 1580. The lowest BCUT2D eigenvalue weighted by atomic mass is 10.0. The van der Waals surface area contributed by atoms with Crippen LogP contribution in [-0.4, -0.2) is 66.5 Å². The van der Waals surface area contributed by atoms with Crippen molar-refractivity contribution in [3.05, 3.63) is 97.2 Å². The van der Waals surface area contributed by atoms with Gasteiger partial charge in [0.25, 0.3) is 0 Å². The van der Waals surface area contributed by atoms with E-state index in [2.05, 4.69) is 106 Å². The predicted molar refractivity (Wildman–Crippen MR) is 297 cm³/mol. The van der Waals surface area contributed by atoms with Gasteiger partial charge in [-0.1, -0.05) is 221 Å². The summed E-state index contributed by atoms with van der Waals surface area (Å²) in [5, 5.41) is 9.80. The third kappa shape index (κ3) is 51.3. The fraction of sp³-hybridized carbons (Fsp3) is 0.683. The number of carbonyl (C=O) groups is 3. The number of hydrogen-bond donors (Lipinski definition) is 2. The van der Waals surface area contributed by atoms with Crippen molar-refractivity contribution in [1.82, 2.24) is 0 Å². The van der Waals surface area contributed by atoms with Crippen LogP contribution in [0.25, 0.3) is 0 Å². The first-order valence-electron chi connectivity index (χ1n) is 28.1. The first-order valence-corrected chi connectivity index (χ1v) is 29.6. The van der Waals surface area contributed by atoms with E-state index in [0.29, 0.717) is 19.3 Å². The molecule has 0 heterocycles. The number of allylic oxidation sites excluding steroid dienone is 16. The van der Waals surface area contributed by atoms with Crippen LogP contribution >= 0.6 is 7.82 Å². The van der Waals surface area contributed by atoms with Gasteiger partial charge >= 0.3 is 25.7 Å². The van der Waals surface area contributed by atoms with Gasteiger partial charge in [-0.15, -0.1) is 0 Å². The molecular formula is C60H101O11P. The summed E-state index contributed by atoms with van der Waals surface area (Å²) in [6.45, 7) is 4.31. The lowest BCUT2D eigenvalue weighted by molar-refractivity contribution is -0.161. The van der Waals surface area contributed by atoms with Crippen molar-refractivity contribution < 1.29 is 52.2 Å². The van der Waals surface area contributed by atoms with E-state index >= 15 is 0 Å². The van der Waals surface area contributed by atoms with Crippen molar-refractivity contribution in [2.45, 2.75) is 238 Å². The van der Waals surface area contributed by atoms with Gasteiger partial charge in [-0.25, -0.2) is 4.57 Å². The van der Waals surface area contributed by atoms with Crippen LogP contribution < -0.4 is 0 Å². The maximum Gasteiger partial charge on any atom is 0.472 e. The average molecular weight is 1030 g/mol. The molecule has 2 N–H and O–H groups in total. The molecule has 412 valence electrons. The minimum Gasteiger partial charge on any atom is -0.462 e. The average Bonchev–Trinajstić information content (AvgIpc) is 3.37. The molecule has 0 saturated heterocycles. The van der Waals surface area contributed by atoms with Crippen molar-refractivity contribution in [2.24, 2.45) is 0 Å². The van der Waals surface area contributed by atoms with Gasteiger partial charge in [-0.05, 0) is 83.5 Å². The number of phosphoric ester groups is 1. The molecule has 3 atom stereocenters. The summed E-state index contributed by atoms with van der Waals surface area (Å²) >= 11 is 0. The van der Waals surface area contributed by atoms with Gasteiger partial charge in [0.15, 0.2) is 6.10 Å². The monoisotopic (exact) mass is 1030 g/mol. The van der Waals surface area contributed by atoms with E-state index in [0.717, 1.165) is 109 Å². The molecular weight excluding hydrogens is 928 g/mol. The Kier molecular flexibility index (Phi) is 51.0. The van der Waals surface area contributed by atoms with E-state index in [-0.39, 0.29) is 25.9 Å². The number of esters is 3. The van der Waals surface area contributed by atoms with Gasteiger partial charge in [0.1, 0.15) is 12.7 Å². The molecule has 0 fully saturated rings. The number of unbranched alkanes of at least 4 members (excludes halogenated alkanes) is 18. The molecule has 0 saturated carbocycles. The van der Waals surface area contributed by atoms with Crippen molar-refractivity contribution in [2.75, 3.05) is 26.4 Å². The van der Waals surface area contributed by atoms with Crippen LogP contribution in [0.1, 0.15) is 226 Å². The van der Waals surface area contributed by atoms with E-state index in [1.165, 1.54) is 57.8 Å². The predicted octanol–water partition coefficient (Wildman–Crippen LogP) is 16.5. The van der Waals surface area contributed by atoms with Crippen molar-refractivity contribution in [3.63, 3.8) is 0 Å². The molecule has 0 bridgehead atoms. The molecule has 0 aromatic carbocycles. The van der Waals surface area contributed by atoms with Gasteiger partial charge in [0.2, 0.25) is 0 Å². The number of hydrogen-bond acceptors (Lipinski definition) is 10. The van der Waals surface area contributed by atoms with Crippen LogP contribution in [0, 0.1) is 0 Å². The molecule has 12 heteroatoms. The van der Waals surface area contributed by atoms with Crippen LogP contribution in [0.15, 0.2) is 97.2 Å². The number of ether oxygens (including phenoxy) is 3. The zero-order valence-electron chi connectivity index (χ0n) is 45.4. The molecule has 0 aromatic rings. The molecule has 0 aromatic heterocycles. The second kappa shape index (κ2) is 53.7. The molecule has 0 radical (unpaired) electrons. The molecule has 0 aliphatic heterocycles. The summed E-state index contributed by atoms with van der Waals surface area (Å²) in [5.41, 5.74) is 0. The fourth-order valence-corrected chi connectivity index (χ4v) is 8.09. The Morgan fingerprint density at radius 3 is 1.19 bits per heavy atom. The second-order valence-corrected chi connectivity index (χ2v) is 19.8. The number of phosphoric acid groups is 1. The minimum atomic E-state index is -4.77. The molecule has 0 spiro atoms. The third-order valence-electron chi connectivity index (χ3n) is 11.5. The quantitative estimate of drug-likeness (QED) is 0.0197. The maximum absolute atomic E-state index is 12.9. The molecule has 0 aliphatic rings. The summed E-state index contributed by atoms with van der Waals surface area (Å²) < 4.78 is 39.4. The Hall–Kier alpha value is -3.60. The zero-order valence-corrected chi connectivity index (χ0v) is 46.3. The highest BCUT2D eigenvalue weighted by molar-refractivity contribution is 7.47. The molecule has 11 nitrogen and oxygen atoms in total. The Morgan fingerprint density at radius 1 is 0.403 bits per heavy atom. The molecule has 72 heavy (non-hydrogen) atoms. The Balaban J connectivity index is 4.79. The van der Waals surface area contributed by atoms with E-state index in [1.54, 1.807) is 0 Å². The van der Waals surface area contributed by atoms with E-state index in [9.17, 15) is 28.9 Å². The van der Waals surface area contributed by atoms with Crippen molar-refractivity contribution in [1.29, 1.82) is 0 Å². The van der Waals surface area contributed by atoms with E-state index in [1.807, 2.05) is 12.2 Å². The highest BCUT2D eigenvalue weighted by Gasteiger charge is 2.28. The Labute approximate surface area is 438 Å². The standard InChI is InChI=1S/C60H101O11P/c1-4-7-10-13-16-19-22-25-26-27-28-29-30-33-34-37-40-43-46-49-58(62)67-53-57(71-60(64)51-48-45-42-39-36-32-24-21-18-15-12-9-6-3)55-69-72(65,66)68-54-56(52-61)70-59(63)50-47-44-41-38-35-31-23-20-17-14-11-8-5-2/h7,9-10,12,16,18-19,21,25-26,28-29,32,36,42,45,56-57,61H,4-6,8,11,13-15,17,20,22-24,27,30-31,33-35,37-41,43-44,46-55H2,1-3H3,(H,65,66)/b10-7-,12-9-,19-16-,21-18-,26-25-,29-28-,36-32-,45-42-. The van der Waals surface area contributed by atoms with Crippen LogP contribution in [0.5, 0.6) is 0 Å².